The van der Waals surface area contributed by atoms with Crippen molar-refractivity contribution in [3.05, 3.63) is 66.2 Å². The van der Waals surface area contributed by atoms with Gasteiger partial charge in [-0.1, -0.05) is 48.5 Å². The van der Waals surface area contributed by atoms with Gasteiger partial charge in [-0.25, -0.2) is 0 Å². The summed E-state index contributed by atoms with van der Waals surface area (Å²) in [5.74, 6) is 1.66. The van der Waals surface area contributed by atoms with Crippen molar-refractivity contribution in [2.24, 2.45) is 4.99 Å². The Bertz CT molecular complexity index is 635. The number of likely N-dealkylation sites (N-methyl/N-ethyl adjacent to an activating group) is 1. The number of para-hydroxylation sites is 1. The molecular formula is C20H29IN4O. The molecule has 0 heterocycles. The first-order chi connectivity index (χ1) is 12.2. The number of hydrogen-bond acceptors (Lipinski definition) is 3. The molecule has 142 valence electrons. The average molecular weight is 468 g/mol. The summed E-state index contributed by atoms with van der Waals surface area (Å²) in [6.45, 7) is 2.04. The minimum absolute atomic E-state index is 0. The third-order valence-electron chi connectivity index (χ3n) is 3.90. The van der Waals surface area contributed by atoms with E-state index in [1.165, 1.54) is 5.56 Å². The topological polar surface area (TPSA) is 48.9 Å². The van der Waals surface area contributed by atoms with Crippen LogP contribution in [-0.4, -0.2) is 51.7 Å². The molecule has 1 unspecified atom stereocenters. The highest BCUT2D eigenvalue weighted by Crippen LogP contribution is 2.16. The van der Waals surface area contributed by atoms with E-state index in [0.29, 0.717) is 13.2 Å². The summed E-state index contributed by atoms with van der Waals surface area (Å²) in [4.78, 5) is 6.48. The predicted octanol–water partition coefficient (Wildman–Crippen LogP) is 3.15. The summed E-state index contributed by atoms with van der Waals surface area (Å²) in [6, 6.07) is 20.6. The summed E-state index contributed by atoms with van der Waals surface area (Å²) in [6.07, 6.45) is 0. The van der Waals surface area contributed by atoms with E-state index < -0.39 is 0 Å². The molecule has 0 saturated heterocycles. The number of guanidine groups is 1. The maximum Gasteiger partial charge on any atom is 0.191 e. The Morgan fingerprint density at radius 3 is 2.19 bits per heavy atom. The van der Waals surface area contributed by atoms with Gasteiger partial charge >= 0.3 is 0 Å². The molecule has 1 atom stereocenters. The van der Waals surface area contributed by atoms with Gasteiger partial charge in [-0.05, 0) is 31.8 Å². The lowest BCUT2D eigenvalue weighted by atomic mass is 10.1. The molecule has 0 aliphatic carbocycles. The first-order valence-corrected chi connectivity index (χ1v) is 8.54. The van der Waals surface area contributed by atoms with Crippen molar-refractivity contribution in [1.29, 1.82) is 0 Å². The van der Waals surface area contributed by atoms with Crippen LogP contribution in [0.15, 0.2) is 65.7 Å². The van der Waals surface area contributed by atoms with Crippen molar-refractivity contribution in [2.45, 2.75) is 6.04 Å². The van der Waals surface area contributed by atoms with Crippen LogP contribution in [0.5, 0.6) is 5.75 Å². The fraction of sp³-hybridized carbons (Fsp3) is 0.350. The van der Waals surface area contributed by atoms with E-state index in [-0.39, 0.29) is 30.0 Å². The third-order valence-corrected chi connectivity index (χ3v) is 3.90. The zero-order chi connectivity index (χ0) is 17.9. The molecular weight excluding hydrogens is 439 g/mol. The first kappa shape index (κ1) is 22.2. The third kappa shape index (κ3) is 7.61. The molecule has 0 radical (unpaired) electrons. The van der Waals surface area contributed by atoms with Crippen molar-refractivity contribution < 1.29 is 4.74 Å². The smallest absolute Gasteiger partial charge is 0.191 e. The average Bonchev–Trinajstić information content (AvgIpc) is 2.65. The van der Waals surface area contributed by atoms with Crippen LogP contribution in [0, 0.1) is 0 Å². The Hall–Kier alpha value is -1.80. The van der Waals surface area contributed by atoms with Gasteiger partial charge in [-0.3, -0.25) is 4.99 Å². The van der Waals surface area contributed by atoms with E-state index in [1.807, 2.05) is 36.4 Å². The molecule has 0 amide bonds. The summed E-state index contributed by atoms with van der Waals surface area (Å²) in [7, 11) is 5.95. The maximum absolute atomic E-state index is 5.68. The van der Waals surface area contributed by atoms with E-state index in [0.717, 1.165) is 18.3 Å². The molecule has 2 N–H and O–H groups in total. The zero-order valence-corrected chi connectivity index (χ0v) is 18.0. The molecule has 2 aromatic carbocycles. The fourth-order valence-electron chi connectivity index (χ4n) is 2.54. The standard InChI is InChI=1S/C20H28N4O.HI/c1-21-20(22-14-15-25-18-12-8-5-9-13-18)23-16-19(24(2)3)17-10-6-4-7-11-17;/h4-13,19H,14-16H2,1-3H3,(H2,21,22,23);1H. The van der Waals surface area contributed by atoms with Gasteiger partial charge in [-0.2, -0.15) is 0 Å². The van der Waals surface area contributed by atoms with E-state index in [9.17, 15) is 0 Å². The second-order valence-electron chi connectivity index (χ2n) is 5.93. The Kier molecular flexibility index (Phi) is 10.7. The lowest BCUT2D eigenvalue weighted by molar-refractivity contribution is 0.297. The van der Waals surface area contributed by atoms with E-state index in [1.54, 1.807) is 7.05 Å². The molecule has 2 rings (SSSR count). The highest BCUT2D eigenvalue weighted by atomic mass is 127. The fourth-order valence-corrected chi connectivity index (χ4v) is 2.54. The largest absolute Gasteiger partial charge is 0.492 e. The normalized spacial score (nSPS) is 12.2. The molecule has 0 fully saturated rings. The lowest BCUT2D eigenvalue weighted by Gasteiger charge is -2.26. The minimum atomic E-state index is 0. The van der Waals surface area contributed by atoms with Gasteiger partial charge < -0.3 is 20.3 Å². The van der Waals surface area contributed by atoms with Gasteiger partial charge in [-0.15, -0.1) is 24.0 Å². The second kappa shape index (κ2) is 12.5. The van der Waals surface area contributed by atoms with Crippen LogP contribution in [-0.2, 0) is 0 Å². The molecule has 0 aliphatic heterocycles. The summed E-state index contributed by atoms with van der Waals surface area (Å²) in [5.41, 5.74) is 1.28. The Morgan fingerprint density at radius 2 is 1.62 bits per heavy atom. The molecule has 0 bridgehead atoms. The molecule has 0 saturated carbocycles. The number of nitrogens with zero attached hydrogens (tertiary/aromatic N) is 2. The molecule has 0 aliphatic rings. The SMILES string of the molecule is CN=C(NCCOc1ccccc1)NCC(c1ccccc1)N(C)C.I. The van der Waals surface area contributed by atoms with Crippen LogP contribution in [0.1, 0.15) is 11.6 Å². The number of halogens is 1. The quantitative estimate of drug-likeness (QED) is 0.271. The van der Waals surface area contributed by atoms with Gasteiger partial charge in [0, 0.05) is 13.6 Å². The van der Waals surface area contributed by atoms with Gasteiger partial charge in [0.25, 0.3) is 0 Å². The van der Waals surface area contributed by atoms with Crippen LogP contribution in [0.4, 0.5) is 0 Å². The van der Waals surface area contributed by atoms with Gasteiger partial charge in [0.15, 0.2) is 5.96 Å². The van der Waals surface area contributed by atoms with Crippen LogP contribution < -0.4 is 15.4 Å². The van der Waals surface area contributed by atoms with Crippen LogP contribution >= 0.6 is 24.0 Å². The number of ether oxygens (including phenoxy) is 1. The summed E-state index contributed by atoms with van der Waals surface area (Å²) < 4.78 is 5.68. The lowest BCUT2D eigenvalue weighted by Crippen LogP contribution is -2.43. The monoisotopic (exact) mass is 468 g/mol. The van der Waals surface area contributed by atoms with Crippen molar-refractivity contribution in [2.75, 3.05) is 40.8 Å². The maximum atomic E-state index is 5.68. The zero-order valence-electron chi connectivity index (χ0n) is 15.7. The number of aliphatic imine (C=N–C) groups is 1. The van der Waals surface area contributed by atoms with E-state index in [2.05, 4.69) is 58.9 Å². The Labute approximate surface area is 173 Å². The predicted molar refractivity (Wildman–Crippen MR) is 120 cm³/mol. The molecule has 0 aromatic heterocycles. The minimum Gasteiger partial charge on any atom is -0.492 e. The number of nitrogens with one attached hydrogen (secondary N) is 2. The summed E-state index contributed by atoms with van der Waals surface area (Å²) in [5, 5.41) is 6.67. The van der Waals surface area contributed by atoms with Crippen molar-refractivity contribution in [3.63, 3.8) is 0 Å². The van der Waals surface area contributed by atoms with Gasteiger partial charge in [0.05, 0.1) is 12.6 Å². The van der Waals surface area contributed by atoms with Crippen LogP contribution in [0.2, 0.25) is 0 Å². The van der Waals surface area contributed by atoms with Gasteiger partial charge in [0.2, 0.25) is 0 Å². The Morgan fingerprint density at radius 1 is 1.00 bits per heavy atom. The second-order valence-corrected chi connectivity index (χ2v) is 5.93. The van der Waals surface area contributed by atoms with Crippen LogP contribution in [0.25, 0.3) is 0 Å². The summed E-state index contributed by atoms with van der Waals surface area (Å²) >= 11 is 0. The number of rotatable bonds is 8. The number of benzene rings is 2. The van der Waals surface area contributed by atoms with Gasteiger partial charge in [0.1, 0.15) is 12.4 Å². The van der Waals surface area contributed by atoms with E-state index >= 15 is 0 Å². The molecule has 0 spiro atoms. The van der Waals surface area contributed by atoms with Crippen LogP contribution in [0.3, 0.4) is 0 Å². The van der Waals surface area contributed by atoms with Crippen molar-refractivity contribution in [3.8, 4) is 5.75 Å². The highest BCUT2D eigenvalue weighted by molar-refractivity contribution is 14.0. The molecule has 6 heteroatoms. The molecule has 5 nitrogen and oxygen atoms in total. The number of hydrogen-bond donors (Lipinski definition) is 2. The van der Waals surface area contributed by atoms with E-state index in [4.69, 9.17) is 4.74 Å². The van der Waals surface area contributed by atoms with Crippen molar-refractivity contribution in [1.82, 2.24) is 15.5 Å². The molecule has 2 aromatic rings. The first-order valence-electron chi connectivity index (χ1n) is 8.54. The molecule has 26 heavy (non-hydrogen) atoms. The highest BCUT2D eigenvalue weighted by Gasteiger charge is 2.14. The Balaban J connectivity index is 0.00000338. The van der Waals surface area contributed by atoms with Crippen molar-refractivity contribution >= 4 is 29.9 Å².